The molecular formula is C14H23N3O2. The minimum Gasteiger partial charge on any atom is -0.384 e. The van der Waals surface area contributed by atoms with Crippen molar-refractivity contribution in [1.82, 2.24) is 9.88 Å². The quantitative estimate of drug-likeness (QED) is 0.850. The number of nitrogens with two attached hydrogens (primary N) is 1. The first kappa shape index (κ1) is 15.4. The van der Waals surface area contributed by atoms with Gasteiger partial charge in [0.2, 0.25) is 0 Å². The van der Waals surface area contributed by atoms with Crippen LogP contribution in [0.25, 0.3) is 0 Å². The van der Waals surface area contributed by atoms with E-state index in [1.165, 1.54) is 0 Å². The molecular weight excluding hydrogens is 242 g/mol. The van der Waals surface area contributed by atoms with Gasteiger partial charge >= 0.3 is 0 Å². The van der Waals surface area contributed by atoms with Crippen molar-refractivity contribution in [3.05, 3.63) is 23.4 Å². The van der Waals surface area contributed by atoms with Crippen molar-refractivity contribution in [3.63, 3.8) is 0 Å². The van der Waals surface area contributed by atoms with Crippen LogP contribution in [0, 0.1) is 0 Å². The Bertz CT molecular complexity index is 435. The highest BCUT2D eigenvalue weighted by atomic mass is 16.5. The summed E-state index contributed by atoms with van der Waals surface area (Å²) in [7, 11) is 1.63. The van der Waals surface area contributed by atoms with Gasteiger partial charge in [-0.25, -0.2) is 4.98 Å². The van der Waals surface area contributed by atoms with E-state index in [0.29, 0.717) is 24.5 Å². The summed E-state index contributed by atoms with van der Waals surface area (Å²) < 4.78 is 5.11. The summed E-state index contributed by atoms with van der Waals surface area (Å²) >= 11 is 0. The van der Waals surface area contributed by atoms with E-state index in [0.717, 1.165) is 12.1 Å². The highest BCUT2D eigenvalue weighted by molar-refractivity contribution is 5.95. The maximum absolute atomic E-state index is 12.5. The maximum atomic E-state index is 12.5. The Balaban J connectivity index is 3.00. The van der Waals surface area contributed by atoms with Gasteiger partial charge in [-0.1, -0.05) is 6.92 Å². The standard InChI is InChI=1S/C14H23N3O2/c1-5-12-7-11(8-13(15)16-12)14(18)17(6-2)10(3)9-19-4/h7-8,10H,5-6,9H2,1-4H3,(H2,15,16). The second-order valence-electron chi connectivity index (χ2n) is 4.52. The summed E-state index contributed by atoms with van der Waals surface area (Å²) in [6.45, 7) is 7.06. The van der Waals surface area contributed by atoms with Crippen molar-refractivity contribution in [2.45, 2.75) is 33.2 Å². The van der Waals surface area contributed by atoms with Crippen LogP contribution in [0.1, 0.15) is 36.8 Å². The molecule has 1 aromatic rings. The molecule has 19 heavy (non-hydrogen) atoms. The molecule has 0 aliphatic heterocycles. The number of likely N-dealkylation sites (N-methyl/N-ethyl adjacent to an activating group) is 1. The predicted molar refractivity (Wildman–Crippen MR) is 76.1 cm³/mol. The van der Waals surface area contributed by atoms with Crippen LogP contribution < -0.4 is 5.73 Å². The molecule has 0 aliphatic carbocycles. The molecule has 1 unspecified atom stereocenters. The fourth-order valence-corrected chi connectivity index (χ4v) is 2.07. The number of aromatic nitrogens is 1. The number of carbonyl (C=O) groups excluding carboxylic acids is 1. The Morgan fingerprint density at radius 1 is 1.47 bits per heavy atom. The summed E-state index contributed by atoms with van der Waals surface area (Å²) in [5, 5.41) is 0. The number of carbonyl (C=O) groups is 1. The van der Waals surface area contributed by atoms with Crippen LogP contribution in [0.15, 0.2) is 12.1 Å². The first-order valence-electron chi connectivity index (χ1n) is 6.59. The van der Waals surface area contributed by atoms with Gasteiger partial charge in [-0.3, -0.25) is 4.79 Å². The second-order valence-corrected chi connectivity index (χ2v) is 4.52. The number of pyridine rings is 1. The summed E-state index contributed by atoms with van der Waals surface area (Å²) in [4.78, 5) is 18.5. The molecule has 1 heterocycles. The van der Waals surface area contributed by atoms with Crippen LogP contribution >= 0.6 is 0 Å². The second kappa shape index (κ2) is 7.09. The lowest BCUT2D eigenvalue weighted by atomic mass is 10.1. The van der Waals surface area contributed by atoms with E-state index < -0.39 is 0 Å². The Labute approximate surface area is 114 Å². The average Bonchev–Trinajstić information content (AvgIpc) is 2.39. The van der Waals surface area contributed by atoms with E-state index in [1.54, 1.807) is 24.1 Å². The molecule has 0 saturated carbocycles. The van der Waals surface area contributed by atoms with Gasteiger partial charge in [-0.2, -0.15) is 0 Å². The predicted octanol–water partition coefficient (Wildman–Crippen LogP) is 1.72. The molecule has 1 atom stereocenters. The molecule has 0 saturated heterocycles. The van der Waals surface area contributed by atoms with Crippen LogP contribution in [0.4, 0.5) is 5.82 Å². The molecule has 0 radical (unpaired) electrons. The third-order valence-electron chi connectivity index (χ3n) is 3.05. The number of aryl methyl sites for hydroxylation is 1. The van der Waals surface area contributed by atoms with Crippen molar-refractivity contribution < 1.29 is 9.53 Å². The molecule has 2 N–H and O–H groups in total. The van der Waals surface area contributed by atoms with Gasteiger partial charge in [-0.05, 0) is 32.4 Å². The highest BCUT2D eigenvalue weighted by Gasteiger charge is 2.20. The Hall–Kier alpha value is -1.62. The van der Waals surface area contributed by atoms with E-state index in [1.807, 2.05) is 20.8 Å². The van der Waals surface area contributed by atoms with Gasteiger partial charge in [0.1, 0.15) is 5.82 Å². The number of anilines is 1. The molecule has 5 heteroatoms. The molecule has 0 aromatic carbocycles. The number of amides is 1. The molecule has 0 aliphatic rings. The first-order valence-corrected chi connectivity index (χ1v) is 6.59. The zero-order valence-electron chi connectivity index (χ0n) is 12.1. The van der Waals surface area contributed by atoms with Crippen LogP contribution in [0.3, 0.4) is 0 Å². The molecule has 0 fully saturated rings. The number of nitrogen functional groups attached to an aromatic ring is 1. The Morgan fingerprint density at radius 2 is 2.16 bits per heavy atom. The topological polar surface area (TPSA) is 68.5 Å². The lowest BCUT2D eigenvalue weighted by molar-refractivity contribution is 0.0579. The summed E-state index contributed by atoms with van der Waals surface area (Å²) in [5.41, 5.74) is 7.17. The van der Waals surface area contributed by atoms with Crippen LogP contribution in [-0.2, 0) is 11.2 Å². The molecule has 1 rings (SSSR count). The average molecular weight is 265 g/mol. The summed E-state index contributed by atoms with van der Waals surface area (Å²) in [5.74, 6) is 0.356. The summed E-state index contributed by atoms with van der Waals surface area (Å²) in [6, 6.07) is 3.46. The molecule has 0 bridgehead atoms. The van der Waals surface area contributed by atoms with Gasteiger partial charge in [0.15, 0.2) is 0 Å². The number of rotatable bonds is 6. The SMILES string of the molecule is CCc1cc(C(=O)N(CC)C(C)COC)cc(N)n1. The van der Waals surface area contributed by atoms with Crippen molar-refractivity contribution in [2.75, 3.05) is 26.0 Å². The van der Waals surface area contributed by atoms with Gasteiger partial charge in [0.25, 0.3) is 5.91 Å². The zero-order valence-corrected chi connectivity index (χ0v) is 12.1. The van der Waals surface area contributed by atoms with Gasteiger partial charge in [-0.15, -0.1) is 0 Å². The maximum Gasteiger partial charge on any atom is 0.254 e. The van der Waals surface area contributed by atoms with E-state index in [4.69, 9.17) is 10.5 Å². The van der Waals surface area contributed by atoms with Crippen molar-refractivity contribution in [2.24, 2.45) is 0 Å². The number of methoxy groups -OCH3 is 1. The lowest BCUT2D eigenvalue weighted by Gasteiger charge is -2.27. The third kappa shape index (κ3) is 3.92. The van der Waals surface area contributed by atoms with Crippen LogP contribution in [-0.4, -0.2) is 42.1 Å². The van der Waals surface area contributed by atoms with Crippen molar-refractivity contribution in [3.8, 4) is 0 Å². The zero-order chi connectivity index (χ0) is 14.4. The molecule has 5 nitrogen and oxygen atoms in total. The smallest absolute Gasteiger partial charge is 0.254 e. The number of ether oxygens (including phenoxy) is 1. The minimum absolute atomic E-state index is 0.0296. The van der Waals surface area contributed by atoms with E-state index in [9.17, 15) is 4.79 Å². The molecule has 0 spiro atoms. The number of hydrogen-bond acceptors (Lipinski definition) is 4. The largest absolute Gasteiger partial charge is 0.384 e. The van der Waals surface area contributed by atoms with Crippen LogP contribution in [0.2, 0.25) is 0 Å². The Morgan fingerprint density at radius 3 is 2.68 bits per heavy atom. The highest BCUT2D eigenvalue weighted by Crippen LogP contribution is 2.13. The molecule has 1 aromatic heterocycles. The van der Waals surface area contributed by atoms with E-state index >= 15 is 0 Å². The number of hydrogen-bond donors (Lipinski definition) is 1. The summed E-state index contributed by atoms with van der Waals surface area (Å²) in [6.07, 6.45) is 0.755. The molecule has 1 amide bonds. The van der Waals surface area contributed by atoms with E-state index in [-0.39, 0.29) is 11.9 Å². The molecule has 106 valence electrons. The van der Waals surface area contributed by atoms with Gasteiger partial charge in [0, 0.05) is 24.9 Å². The van der Waals surface area contributed by atoms with Crippen LogP contribution in [0.5, 0.6) is 0 Å². The number of nitrogens with zero attached hydrogens (tertiary/aromatic N) is 2. The monoisotopic (exact) mass is 265 g/mol. The van der Waals surface area contributed by atoms with Crippen molar-refractivity contribution >= 4 is 11.7 Å². The lowest BCUT2D eigenvalue weighted by Crippen LogP contribution is -2.41. The first-order chi connectivity index (χ1) is 9.03. The minimum atomic E-state index is -0.0316. The third-order valence-corrected chi connectivity index (χ3v) is 3.05. The fourth-order valence-electron chi connectivity index (χ4n) is 2.07. The van der Waals surface area contributed by atoms with E-state index in [2.05, 4.69) is 4.98 Å². The Kier molecular flexibility index (Phi) is 5.76. The van der Waals surface area contributed by atoms with Gasteiger partial charge < -0.3 is 15.4 Å². The fraction of sp³-hybridized carbons (Fsp3) is 0.571. The van der Waals surface area contributed by atoms with Gasteiger partial charge in [0.05, 0.1) is 12.6 Å². The normalized spacial score (nSPS) is 12.2. The van der Waals surface area contributed by atoms with Crippen molar-refractivity contribution in [1.29, 1.82) is 0 Å².